The molecule has 0 bridgehead atoms. The van der Waals surface area contributed by atoms with Crippen LogP contribution >= 0.6 is 0 Å². The minimum atomic E-state index is 0. The van der Waals surface area contributed by atoms with Gasteiger partial charge in [-0.15, -0.1) is 0 Å². The normalized spacial score (nSPS) is 7.71. The number of nitrogens with one attached hydrogen (secondary N) is 1. The SMILES string of the molecule is [CH2-]CCNCC.[K+]. The molecule has 0 aliphatic heterocycles. The van der Waals surface area contributed by atoms with Crippen LogP contribution in [0.15, 0.2) is 0 Å². The van der Waals surface area contributed by atoms with E-state index in [1.54, 1.807) is 0 Å². The fourth-order valence-corrected chi connectivity index (χ4v) is 0.302. The zero-order valence-corrected chi connectivity index (χ0v) is 8.45. The van der Waals surface area contributed by atoms with Gasteiger partial charge in [0.1, 0.15) is 0 Å². The maximum Gasteiger partial charge on any atom is 1.00 e. The fourth-order valence-electron chi connectivity index (χ4n) is 0.302. The van der Waals surface area contributed by atoms with Crippen molar-refractivity contribution in [3.05, 3.63) is 6.92 Å². The Kier molecular flexibility index (Phi) is 17.2. The van der Waals surface area contributed by atoms with E-state index in [4.69, 9.17) is 0 Å². The van der Waals surface area contributed by atoms with Gasteiger partial charge in [-0.2, -0.15) is 6.42 Å². The largest absolute Gasteiger partial charge is 1.00 e. The number of hydrogen-bond donors (Lipinski definition) is 1. The summed E-state index contributed by atoms with van der Waals surface area (Å²) in [6.07, 6.45) is 0.994. The molecule has 0 saturated heterocycles. The van der Waals surface area contributed by atoms with Crippen molar-refractivity contribution in [3.8, 4) is 0 Å². The minimum Gasteiger partial charge on any atom is -0.342 e. The van der Waals surface area contributed by atoms with E-state index in [-0.39, 0.29) is 51.4 Å². The van der Waals surface area contributed by atoms with Gasteiger partial charge >= 0.3 is 51.4 Å². The summed E-state index contributed by atoms with van der Waals surface area (Å²) >= 11 is 0. The molecule has 0 rings (SSSR count). The Labute approximate surface area is 88.7 Å². The van der Waals surface area contributed by atoms with Crippen molar-refractivity contribution in [3.63, 3.8) is 0 Å². The van der Waals surface area contributed by atoms with Gasteiger partial charge in [0, 0.05) is 0 Å². The van der Waals surface area contributed by atoms with E-state index >= 15 is 0 Å². The van der Waals surface area contributed by atoms with Gasteiger partial charge in [0.05, 0.1) is 0 Å². The summed E-state index contributed by atoms with van der Waals surface area (Å²) in [5, 5.41) is 3.14. The van der Waals surface area contributed by atoms with E-state index in [9.17, 15) is 0 Å². The predicted molar refractivity (Wildman–Crippen MR) is 28.5 cm³/mol. The first-order chi connectivity index (χ1) is 2.91. The summed E-state index contributed by atoms with van der Waals surface area (Å²) in [5.41, 5.74) is 0. The quantitative estimate of drug-likeness (QED) is 0.257. The van der Waals surface area contributed by atoms with Crippen LogP contribution in [0.2, 0.25) is 0 Å². The van der Waals surface area contributed by atoms with Crippen LogP contribution in [0.4, 0.5) is 0 Å². The first-order valence-electron chi connectivity index (χ1n) is 2.41. The summed E-state index contributed by atoms with van der Waals surface area (Å²) in [6.45, 7) is 7.87. The third-order valence-electron chi connectivity index (χ3n) is 0.604. The van der Waals surface area contributed by atoms with Crippen molar-refractivity contribution in [1.82, 2.24) is 5.32 Å². The van der Waals surface area contributed by atoms with E-state index in [2.05, 4.69) is 19.2 Å². The zero-order chi connectivity index (χ0) is 4.83. The smallest absolute Gasteiger partial charge is 0.342 e. The van der Waals surface area contributed by atoms with Crippen LogP contribution in [-0.4, -0.2) is 13.1 Å². The summed E-state index contributed by atoms with van der Waals surface area (Å²) in [4.78, 5) is 0. The predicted octanol–water partition coefficient (Wildman–Crippen LogP) is -2.18. The molecule has 1 nitrogen and oxygen atoms in total. The molecule has 0 amide bonds. The molecule has 38 valence electrons. The van der Waals surface area contributed by atoms with Gasteiger partial charge in [0.15, 0.2) is 0 Å². The summed E-state index contributed by atoms with van der Waals surface area (Å²) in [5.74, 6) is 0. The molecule has 0 heterocycles. The first kappa shape index (κ1) is 11.4. The van der Waals surface area contributed by atoms with E-state index in [1.807, 2.05) is 0 Å². The van der Waals surface area contributed by atoms with Crippen LogP contribution in [0.25, 0.3) is 0 Å². The Hall–Kier alpha value is 1.60. The summed E-state index contributed by atoms with van der Waals surface area (Å²) in [6, 6.07) is 0. The maximum atomic E-state index is 3.66. The van der Waals surface area contributed by atoms with Gasteiger partial charge in [-0.3, -0.25) is 0 Å². The molecule has 0 aromatic heterocycles. The number of hydrogen-bond acceptors (Lipinski definition) is 1. The van der Waals surface area contributed by atoms with Crippen molar-refractivity contribution in [2.24, 2.45) is 0 Å². The molecule has 7 heavy (non-hydrogen) atoms. The van der Waals surface area contributed by atoms with Crippen LogP contribution in [0.1, 0.15) is 13.3 Å². The van der Waals surface area contributed by atoms with Crippen LogP contribution in [-0.2, 0) is 0 Å². The van der Waals surface area contributed by atoms with Crippen LogP contribution in [0, 0.1) is 6.92 Å². The molecular formula is C5H12KN. The fraction of sp³-hybridized carbons (Fsp3) is 0.800. The molecule has 0 aromatic carbocycles. The molecule has 0 aliphatic rings. The standard InChI is InChI=1S/C5H12N.K/c1-3-5-6-4-2;/h6H,1,3-5H2,2H3;/q-1;+1. The average molecular weight is 125 g/mol. The molecule has 0 aromatic rings. The van der Waals surface area contributed by atoms with Crippen molar-refractivity contribution in [2.45, 2.75) is 13.3 Å². The van der Waals surface area contributed by atoms with Crippen molar-refractivity contribution < 1.29 is 51.4 Å². The van der Waals surface area contributed by atoms with Gasteiger partial charge in [-0.05, 0) is 13.1 Å². The number of rotatable bonds is 3. The van der Waals surface area contributed by atoms with E-state index < -0.39 is 0 Å². The Morgan fingerprint density at radius 3 is 2.29 bits per heavy atom. The average Bonchev–Trinajstić information content (AvgIpc) is 1.61. The van der Waals surface area contributed by atoms with Gasteiger partial charge in [0.2, 0.25) is 0 Å². The van der Waals surface area contributed by atoms with Gasteiger partial charge in [-0.25, -0.2) is 0 Å². The summed E-state index contributed by atoms with van der Waals surface area (Å²) < 4.78 is 0. The Morgan fingerprint density at radius 2 is 2.14 bits per heavy atom. The van der Waals surface area contributed by atoms with Crippen LogP contribution in [0.3, 0.4) is 0 Å². The third-order valence-corrected chi connectivity index (χ3v) is 0.604. The van der Waals surface area contributed by atoms with Crippen molar-refractivity contribution >= 4 is 0 Å². The molecule has 0 saturated carbocycles. The Bertz CT molecular complexity index is 20.0. The zero-order valence-electron chi connectivity index (χ0n) is 5.33. The van der Waals surface area contributed by atoms with E-state index in [0.717, 1.165) is 19.5 Å². The monoisotopic (exact) mass is 125 g/mol. The molecular weight excluding hydrogens is 113 g/mol. The Balaban J connectivity index is 0. The second-order valence-corrected chi connectivity index (χ2v) is 1.21. The molecule has 0 atom stereocenters. The second kappa shape index (κ2) is 10.6. The molecule has 0 unspecified atom stereocenters. The molecule has 0 radical (unpaired) electrons. The topological polar surface area (TPSA) is 12.0 Å². The first-order valence-corrected chi connectivity index (χ1v) is 2.41. The Morgan fingerprint density at radius 1 is 1.57 bits per heavy atom. The molecule has 0 aliphatic carbocycles. The van der Waals surface area contributed by atoms with E-state index in [1.165, 1.54) is 0 Å². The minimum absolute atomic E-state index is 0. The van der Waals surface area contributed by atoms with Gasteiger partial charge in [-0.1, -0.05) is 6.92 Å². The van der Waals surface area contributed by atoms with Gasteiger partial charge in [0.25, 0.3) is 0 Å². The molecule has 1 N–H and O–H groups in total. The van der Waals surface area contributed by atoms with Crippen molar-refractivity contribution in [1.29, 1.82) is 0 Å². The molecule has 0 fully saturated rings. The van der Waals surface area contributed by atoms with E-state index in [0.29, 0.717) is 0 Å². The van der Waals surface area contributed by atoms with Crippen LogP contribution < -0.4 is 56.7 Å². The third kappa shape index (κ3) is 11.3. The molecule has 2 heteroatoms. The van der Waals surface area contributed by atoms with Gasteiger partial charge < -0.3 is 12.2 Å². The molecule has 0 spiro atoms. The second-order valence-electron chi connectivity index (χ2n) is 1.21. The van der Waals surface area contributed by atoms with Crippen LogP contribution in [0.5, 0.6) is 0 Å². The summed E-state index contributed by atoms with van der Waals surface area (Å²) in [7, 11) is 0. The van der Waals surface area contributed by atoms with Crippen molar-refractivity contribution in [2.75, 3.05) is 13.1 Å². The maximum absolute atomic E-state index is 3.66.